The minimum Gasteiger partial charge on any atom is -0.293 e. The SMILES string of the molecule is Cc1cccc(Br)c1NC(=O)NC(N(C)C)=[N+](C)C. The first-order valence-electron chi connectivity index (χ1n) is 5.87. The molecule has 0 aliphatic carbocycles. The van der Waals surface area contributed by atoms with Gasteiger partial charge in [0.1, 0.15) is 0 Å². The lowest BCUT2D eigenvalue weighted by Crippen LogP contribution is -2.46. The van der Waals surface area contributed by atoms with Gasteiger partial charge in [0.15, 0.2) is 0 Å². The number of para-hydroxylation sites is 1. The molecule has 0 aliphatic rings. The van der Waals surface area contributed by atoms with Crippen molar-refractivity contribution in [2.75, 3.05) is 33.5 Å². The van der Waals surface area contributed by atoms with Crippen LogP contribution < -0.4 is 10.6 Å². The van der Waals surface area contributed by atoms with Gasteiger partial charge in [0.25, 0.3) is 0 Å². The van der Waals surface area contributed by atoms with Crippen LogP contribution in [0.2, 0.25) is 0 Å². The Kier molecular flexibility index (Phi) is 5.35. The van der Waals surface area contributed by atoms with Gasteiger partial charge < -0.3 is 0 Å². The van der Waals surface area contributed by atoms with Crippen LogP contribution in [-0.2, 0) is 0 Å². The fourth-order valence-electron chi connectivity index (χ4n) is 1.66. The number of nitrogens with zero attached hydrogens (tertiary/aromatic N) is 2. The molecule has 0 saturated heterocycles. The second-order valence-corrected chi connectivity index (χ2v) is 5.48. The predicted octanol–water partition coefficient (Wildman–Crippen LogP) is 2.07. The van der Waals surface area contributed by atoms with Crippen LogP contribution in [0.3, 0.4) is 0 Å². The Morgan fingerprint density at radius 3 is 2.42 bits per heavy atom. The van der Waals surface area contributed by atoms with Crippen molar-refractivity contribution in [3.8, 4) is 0 Å². The molecule has 104 valence electrons. The fourth-order valence-corrected chi connectivity index (χ4v) is 2.22. The summed E-state index contributed by atoms with van der Waals surface area (Å²) in [5, 5.41) is 5.66. The molecule has 1 aromatic rings. The molecule has 0 spiro atoms. The van der Waals surface area contributed by atoms with Gasteiger partial charge >= 0.3 is 12.0 Å². The molecule has 0 heterocycles. The van der Waals surface area contributed by atoms with E-state index in [1.54, 1.807) is 0 Å². The van der Waals surface area contributed by atoms with Gasteiger partial charge in [0.2, 0.25) is 0 Å². The summed E-state index contributed by atoms with van der Waals surface area (Å²) in [6.07, 6.45) is 0. The van der Waals surface area contributed by atoms with E-state index >= 15 is 0 Å². The van der Waals surface area contributed by atoms with Gasteiger partial charge in [-0.15, -0.1) is 0 Å². The van der Waals surface area contributed by atoms with Crippen molar-refractivity contribution in [3.05, 3.63) is 28.2 Å². The maximum Gasteiger partial charge on any atom is 0.384 e. The van der Waals surface area contributed by atoms with Crippen LogP contribution in [-0.4, -0.2) is 49.7 Å². The number of hydrogen-bond acceptors (Lipinski definition) is 1. The second-order valence-electron chi connectivity index (χ2n) is 4.62. The number of nitrogens with one attached hydrogen (secondary N) is 2. The number of anilines is 1. The van der Waals surface area contributed by atoms with Crippen molar-refractivity contribution in [3.63, 3.8) is 0 Å². The van der Waals surface area contributed by atoms with Gasteiger partial charge in [0.05, 0.1) is 33.9 Å². The monoisotopic (exact) mass is 327 g/mol. The van der Waals surface area contributed by atoms with E-state index in [0.29, 0.717) is 5.96 Å². The molecule has 0 unspecified atom stereocenters. The van der Waals surface area contributed by atoms with Crippen molar-refractivity contribution < 1.29 is 9.37 Å². The molecule has 19 heavy (non-hydrogen) atoms. The molecule has 0 bridgehead atoms. The third-order valence-electron chi connectivity index (χ3n) is 2.53. The van der Waals surface area contributed by atoms with Crippen LogP contribution >= 0.6 is 15.9 Å². The van der Waals surface area contributed by atoms with Crippen molar-refractivity contribution >= 4 is 33.6 Å². The van der Waals surface area contributed by atoms with E-state index in [2.05, 4.69) is 26.6 Å². The molecular formula is C13H20BrN4O+. The molecule has 0 aromatic heterocycles. The standard InChI is InChI=1S/C13H19BrN4O/c1-9-7-6-8-10(14)11(9)15-12(19)16-13(17(2)3)18(4)5/h6-8H,1-5H3,(H,15,19)/p+1. The second kappa shape index (κ2) is 6.56. The Balaban J connectivity index is 2.84. The molecule has 5 nitrogen and oxygen atoms in total. The highest BCUT2D eigenvalue weighted by Gasteiger charge is 2.17. The number of rotatable bonds is 1. The van der Waals surface area contributed by atoms with Gasteiger partial charge in [-0.25, -0.2) is 4.79 Å². The van der Waals surface area contributed by atoms with E-state index in [0.717, 1.165) is 15.7 Å². The van der Waals surface area contributed by atoms with Gasteiger partial charge in [-0.3, -0.25) is 14.8 Å². The summed E-state index contributed by atoms with van der Waals surface area (Å²) < 4.78 is 2.70. The largest absolute Gasteiger partial charge is 0.384 e. The summed E-state index contributed by atoms with van der Waals surface area (Å²) in [7, 11) is 7.50. The van der Waals surface area contributed by atoms with Gasteiger partial charge in [0, 0.05) is 4.47 Å². The lowest BCUT2D eigenvalue weighted by molar-refractivity contribution is -0.471. The van der Waals surface area contributed by atoms with E-state index in [1.165, 1.54) is 0 Å². The summed E-state index contributed by atoms with van der Waals surface area (Å²) in [6.45, 7) is 1.95. The molecule has 6 heteroatoms. The Bertz CT molecular complexity index is 487. The normalized spacial score (nSPS) is 9.79. The van der Waals surface area contributed by atoms with E-state index in [-0.39, 0.29) is 6.03 Å². The number of hydrogen-bond donors (Lipinski definition) is 2. The molecule has 2 N–H and O–H groups in total. The third-order valence-corrected chi connectivity index (χ3v) is 3.19. The fraction of sp³-hybridized carbons (Fsp3) is 0.385. The van der Waals surface area contributed by atoms with Crippen LogP contribution in [0.1, 0.15) is 5.56 Å². The number of guanidine groups is 1. The molecule has 1 aromatic carbocycles. The summed E-state index contributed by atoms with van der Waals surface area (Å²) in [5.41, 5.74) is 1.78. The van der Waals surface area contributed by atoms with Crippen LogP contribution in [0.4, 0.5) is 10.5 Å². The van der Waals surface area contributed by atoms with Crippen molar-refractivity contribution in [1.29, 1.82) is 0 Å². The lowest BCUT2D eigenvalue weighted by Gasteiger charge is -2.13. The molecular weight excluding hydrogens is 308 g/mol. The molecule has 1 rings (SSSR count). The van der Waals surface area contributed by atoms with Crippen LogP contribution in [0.15, 0.2) is 22.7 Å². The van der Waals surface area contributed by atoms with E-state index in [9.17, 15) is 4.79 Å². The van der Waals surface area contributed by atoms with Crippen LogP contribution in [0.5, 0.6) is 0 Å². The van der Waals surface area contributed by atoms with Crippen molar-refractivity contribution in [1.82, 2.24) is 10.2 Å². The van der Waals surface area contributed by atoms with Crippen molar-refractivity contribution in [2.24, 2.45) is 0 Å². The first-order valence-corrected chi connectivity index (χ1v) is 6.67. The molecule has 0 atom stereocenters. The number of amides is 2. The highest BCUT2D eigenvalue weighted by molar-refractivity contribution is 9.10. The Hall–Kier alpha value is -1.56. The predicted molar refractivity (Wildman–Crippen MR) is 81.8 cm³/mol. The topological polar surface area (TPSA) is 47.4 Å². The highest BCUT2D eigenvalue weighted by Crippen LogP contribution is 2.25. The van der Waals surface area contributed by atoms with Gasteiger partial charge in [-0.05, 0) is 34.5 Å². The Labute approximate surface area is 122 Å². The minimum atomic E-state index is -0.271. The van der Waals surface area contributed by atoms with E-state index in [4.69, 9.17) is 0 Å². The number of carbonyl (C=O) groups is 1. The third kappa shape index (κ3) is 4.24. The summed E-state index contributed by atoms with van der Waals surface area (Å²) >= 11 is 3.43. The summed E-state index contributed by atoms with van der Waals surface area (Å²) in [5.74, 6) is 0.710. The molecule has 2 amide bonds. The summed E-state index contributed by atoms with van der Waals surface area (Å²) in [6, 6.07) is 5.50. The Morgan fingerprint density at radius 2 is 1.95 bits per heavy atom. The first kappa shape index (κ1) is 15.5. The minimum absolute atomic E-state index is 0.271. The van der Waals surface area contributed by atoms with E-state index < -0.39 is 0 Å². The maximum absolute atomic E-state index is 12.0. The maximum atomic E-state index is 12.0. The van der Waals surface area contributed by atoms with Gasteiger partial charge in [-0.1, -0.05) is 12.1 Å². The number of urea groups is 1. The Morgan fingerprint density at radius 1 is 1.32 bits per heavy atom. The number of benzene rings is 1. The highest BCUT2D eigenvalue weighted by atomic mass is 79.9. The smallest absolute Gasteiger partial charge is 0.293 e. The number of halogens is 1. The van der Waals surface area contributed by atoms with Crippen LogP contribution in [0.25, 0.3) is 0 Å². The molecule has 0 radical (unpaired) electrons. The van der Waals surface area contributed by atoms with Crippen molar-refractivity contribution in [2.45, 2.75) is 6.92 Å². The number of carbonyl (C=O) groups excluding carboxylic acids is 1. The molecule has 0 saturated carbocycles. The quantitative estimate of drug-likeness (QED) is 0.471. The average Bonchev–Trinajstić information content (AvgIpc) is 2.30. The van der Waals surface area contributed by atoms with E-state index in [1.807, 2.05) is 62.8 Å². The molecule has 0 aliphatic heterocycles. The first-order chi connectivity index (χ1) is 8.82. The molecule has 0 fully saturated rings. The zero-order valence-corrected chi connectivity index (χ0v) is 13.5. The average molecular weight is 328 g/mol. The van der Waals surface area contributed by atoms with Gasteiger partial charge in [-0.2, -0.15) is 5.32 Å². The zero-order valence-electron chi connectivity index (χ0n) is 11.9. The van der Waals surface area contributed by atoms with Crippen LogP contribution in [0, 0.1) is 6.92 Å². The lowest BCUT2D eigenvalue weighted by atomic mass is 10.2. The number of aryl methyl sites for hydroxylation is 1. The zero-order chi connectivity index (χ0) is 14.6. The summed E-state index contributed by atoms with van der Waals surface area (Å²) in [4.78, 5) is 13.9.